The molecule has 8 nitrogen and oxygen atoms in total. The van der Waals surface area contributed by atoms with E-state index in [1.165, 1.54) is 4.90 Å². The minimum Gasteiger partial charge on any atom is -0.347 e. The van der Waals surface area contributed by atoms with Gasteiger partial charge in [-0.15, -0.1) is 10.2 Å². The fraction of sp³-hybridized carbons (Fsp3) is 0.200. The van der Waals surface area contributed by atoms with Crippen LogP contribution in [-0.4, -0.2) is 38.0 Å². The number of aromatic amines is 1. The normalized spacial score (nSPS) is 10.1. The summed E-state index contributed by atoms with van der Waals surface area (Å²) in [6.07, 6.45) is 3.34. The monoisotopic (exact) mass is 247 g/mol. The quantitative estimate of drug-likeness (QED) is 0.507. The van der Waals surface area contributed by atoms with Crippen molar-refractivity contribution in [1.82, 2.24) is 25.1 Å². The van der Waals surface area contributed by atoms with Gasteiger partial charge >= 0.3 is 0 Å². The number of nitrogens with two attached hydrogens (primary N) is 1. The van der Waals surface area contributed by atoms with Crippen LogP contribution in [0.25, 0.3) is 0 Å². The Morgan fingerprint density at radius 1 is 1.50 bits per heavy atom. The predicted octanol–water partition coefficient (Wildman–Crippen LogP) is -0.243. The molecule has 2 aromatic rings. The van der Waals surface area contributed by atoms with Gasteiger partial charge in [-0.1, -0.05) is 0 Å². The number of hydrazine groups is 1. The van der Waals surface area contributed by atoms with Crippen molar-refractivity contribution in [2.24, 2.45) is 5.84 Å². The number of nitrogens with zero attached hydrogens (tertiary/aromatic N) is 4. The largest absolute Gasteiger partial charge is 0.347 e. The van der Waals surface area contributed by atoms with Gasteiger partial charge in [0.25, 0.3) is 5.91 Å². The second kappa shape index (κ2) is 5.23. The minimum atomic E-state index is -0.234. The summed E-state index contributed by atoms with van der Waals surface area (Å²) in [5, 5.41) is 7.53. The number of carbonyl (C=O) groups is 1. The highest BCUT2D eigenvalue weighted by atomic mass is 16.2. The number of nitrogen functional groups attached to an aromatic ring is 1. The second-order valence-electron chi connectivity index (χ2n) is 3.65. The molecule has 4 N–H and O–H groups in total. The lowest BCUT2D eigenvalue weighted by Crippen LogP contribution is -2.27. The minimum absolute atomic E-state index is 0.234. The van der Waals surface area contributed by atoms with Gasteiger partial charge in [0.15, 0.2) is 11.5 Å². The molecular weight excluding hydrogens is 234 g/mol. The van der Waals surface area contributed by atoms with E-state index in [4.69, 9.17) is 5.84 Å². The van der Waals surface area contributed by atoms with Gasteiger partial charge in [0.05, 0.1) is 6.54 Å². The van der Waals surface area contributed by atoms with E-state index in [2.05, 4.69) is 25.6 Å². The van der Waals surface area contributed by atoms with Crippen LogP contribution in [0.2, 0.25) is 0 Å². The van der Waals surface area contributed by atoms with Crippen LogP contribution >= 0.6 is 0 Å². The highest BCUT2D eigenvalue weighted by molar-refractivity contribution is 5.91. The maximum absolute atomic E-state index is 12.0. The molecule has 2 heterocycles. The molecular formula is C10H13N7O. The number of rotatable bonds is 4. The van der Waals surface area contributed by atoms with E-state index in [1.807, 2.05) is 0 Å². The van der Waals surface area contributed by atoms with Crippen molar-refractivity contribution in [3.63, 3.8) is 0 Å². The third-order valence-corrected chi connectivity index (χ3v) is 2.32. The zero-order valence-corrected chi connectivity index (χ0v) is 9.79. The van der Waals surface area contributed by atoms with Gasteiger partial charge in [-0.3, -0.25) is 4.79 Å². The Bertz CT molecular complexity index is 508. The van der Waals surface area contributed by atoms with Crippen LogP contribution in [0.4, 0.5) is 5.82 Å². The number of anilines is 1. The summed E-state index contributed by atoms with van der Waals surface area (Å²) in [6.45, 7) is 0.379. The number of carbonyl (C=O) groups excluding carboxylic acids is 1. The molecule has 0 aliphatic heterocycles. The molecule has 0 saturated heterocycles. The van der Waals surface area contributed by atoms with Crippen molar-refractivity contribution in [1.29, 1.82) is 0 Å². The van der Waals surface area contributed by atoms with Crippen molar-refractivity contribution < 1.29 is 4.79 Å². The van der Waals surface area contributed by atoms with Gasteiger partial charge in [0, 0.05) is 19.4 Å². The summed E-state index contributed by atoms with van der Waals surface area (Å²) in [5.41, 5.74) is 2.60. The van der Waals surface area contributed by atoms with Crippen LogP contribution in [0.3, 0.4) is 0 Å². The zero-order chi connectivity index (χ0) is 13.0. The van der Waals surface area contributed by atoms with E-state index in [0.29, 0.717) is 18.2 Å². The van der Waals surface area contributed by atoms with E-state index < -0.39 is 0 Å². The molecule has 0 spiro atoms. The van der Waals surface area contributed by atoms with E-state index in [1.54, 1.807) is 31.6 Å². The number of amides is 1. The number of hydrogen-bond donors (Lipinski definition) is 3. The first-order valence-electron chi connectivity index (χ1n) is 5.25. The third kappa shape index (κ3) is 2.61. The molecule has 2 aromatic heterocycles. The highest BCUT2D eigenvalue weighted by Gasteiger charge is 2.14. The molecule has 0 aromatic carbocycles. The number of aromatic nitrogens is 4. The Kier molecular flexibility index (Phi) is 3.49. The zero-order valence-electron chi connectivity index (χ0n) is 9.79. The number of H-pyrrole nitrogens is 1. The Hall–Kier alpha value is -2.48. The molecule has 94 valence electrons. The lowest BCUT2D eigenvalue weighted by molar-refractivity contribution is 0.0775. The maximum atomic E-state index is 12.0. The summed E-state index contributed by atoms with van der Waals surface area (Å²) < 4.78 is 0. The molecule has 1 amide bonds. The average Bonchev–Trinajstić information content (AvgIpc) is 2.91. The van der Waals surface area contributed by atoms with Crippen LogP contribution < -0.4 is 11.3 Å². The van der Waals surface area contributed by atoms with Crippen molar-refractivity contribution in [3.05, 3.63) is 36.0 Å². The molecule has 0 fully saturated rings. The Balaban J connectivity index is 2.05. The number of hydrogen-bond acceptors (Lipinski definition) is 6. The smallest absolute Gasteiger partial charge is 0.274 e. The lowest BCUT2D eigenvalue weighted by atomic mass is 10.3. The molecule has 0 aliphatic rings. The SMILES string of the molecule is CN(Cc1ncc[nH]1)C(=O)c1ccc(NN)nn1. The van der Waals surface area contributed by atoms with Crippen LogP contribution in [0.15, 0.2) is 24.5 Å². The van der Waals surface area contributed by atoms with Gasteiger partial charge in [0.2, 0.25) is 0 Å². The predicted molar refractivity (Wildman–Crippen MR) is 64.2 cm³/mol. The van der Waals surface area contributed by atoms with Gasteiger partial charge in [-0.05, 0) is 12.1 Å². The molecule has 0 atom stereocenters. The molecule has 0 radical (unpaired) electrons. The number of nitrogens with one attached hydrogen (secondary N) is 2. The van der Waals surface area contributed by atoms with Gasteiger partial charge in [-0.25, -0.2) is 10.8 Å². The third-order valence-electron chi connectivity index (χ3n) is 2.32. The second-order valence-corrected chi connectivity index (χ2v) is 3.65. The summed E-state index contributed by atoms with van der Waals surface area (Å²) in [4.78, 5) is 20.5. The first-order chi connectivity index (χ1) is 8.70. The fourth-order valence-corrected chi connectivity index (χ4v) is 1.40. The Labute approximate surface area is 103 Å². The van der Waals surface area contributed by atoms with E-state index >= 15 is 0 Å². The lowest BCUT2D eigenvalue weighted by Gasteiger charge is -2.14. The summed E-state index contributed by atoms with van der Waals surface area (Å²) in [6, 6.07) is 3.14. The Morgan fingerprint density at radius 3 is 2.89 bits per heavy atom. The van der Waals surface area contributed by atoms with Gasteiger partial charge in [-0.2, -0.15) is 0 Å². The molecule has 8 heteroatoms. The molecule has 0 unspecified atom stereocenters. The van der Waals surface area contributed by atoms with E-state index in [-0.39, 0.29) is 11.6 Å². The average molecular weight is 247 g/mol. The topological polar surface area (TPSA) is 113 Å². The molecule has 0 saturated carbocycles. The molecule has 0 aliphatic carbocycles. The van der Waals surface area contributed by atoms with Crippen molar-refractivity contribution in [3.8, 4) is 0 Å². The van der Waals surface area contributed by atoms with Crippen molar-refractivity contribution in [2.75, 3.05) is 12.5 Å². The molecule has 0 bridgehead atoms. The highest BCUT2D eigenvalue weighted by Crippen LogP contribution is 2.05. The van der Waals surface area contributed by atoms with Crippen molar-refractivity contribution in [2.45, 2.75) is 6.54 Å². The summed E-state index contributed by atoms with van der Waals surface area (Å²) in [5.74, 6) is 6.04. The summed E-state index contributed by atoms with van der Waals surface area (Å²) in [7, 11) is 1.67. The maximum Gasteiger partial charge on any atom is 0.274 e. The first-order valence-corrected chi connectivity index (χ1v) is 5.25. The van der Waals surface area contributed by atoms with E-state index in [9.17, 15) is 4.79 Å². The number of imidazole rings is 1. The first kappa shape index (κ1) is 12.0. The summed E-state index contributed by atoms with van der Waals surface area (Å²) >= 11 is 0. The van der Waals surface area contributed by atoms with Crippen molar-refractivity contribution >= 4 is 11.7 Å². The fourth-order valence-electron chi connectivity index (χ4n) is 1.40. The Morgan fingerprint density at radius 2 is 2.33 bits per heavy atom. The molecule has 18 heavy (non-hydrogen) atoms. The van der Waals surface area contributed by atoms with Crippen LogP contribution in [0, 0.1) is 0 Å². The van der Waals surface area contributed by atoms with Crippen LogP contribution in [0.1, 0.15) is 16.3 Å². The standard InChI is InChI=1S/C10H13N7O/c1-17(6-9-12-4-5-13-9)10(18)7-2-3-8(14-11)16-15-7/h2-5H,6,11H2,1H3,(H,12,13)(H,14,16). The van der Waals surface area contributed by atoms with Gasteiger partial charge in [0.1, 0.15) is 5.82 Å². The van der Waals surface area contributed by atoms with E-state index in [0.717, 1.165) is 0 Å². The van der Waals surface area contributed by atoms with Gasteiger partial charge < -0.3 is 15.3 Å². The van der Waals surface area contributed by atoms with Crippen LogP contribution in [-0.2, 0) is 6.54 Å². The van der Waals surface area contributed by atoms with Crippen LogP contribution in [0.5, 0.6) is 0 Å². The molecule has 2 rings (SSSR count).